The number of carbonyl (C=O) groups is 2. The molecule has 1 N–H and O–H groups in total. The van der Waals surface area contributed by atoms with Crippen LogP contribution in [-0.4, -0.2) is 19.0 Å². The molecule has 1 aliphatic rings. The summed E-state index contributed by atoms with van der Waals surface area (Å²) in [5, 5.41) is 3.39. The van der Waals surface area contributed by atoms with Crippen LogP contribution in [0.25, 0.3) is 0 Å². The number of hydrogen-bond acceptors (Lipinski definition) is 5. The number of halogens is 1. The number of anilines is 1. The number of methoxy groups -OCH3 is 1. The van der Waals surface area contributed by atoms with Crippen molar-refractivity contribution in [3.05, 3.63) is 37.4 Å². The third-order valence-corrected chi connectivity index (χ3v) is 5.77. The highest BCUT2D eigenvalue weighted by Gasteiger charge is 2.28. The molecule has 1 aliphatic carbocycles. The van der Waals surface area contributed by atoms with Gasteiger partial charge in [0.25, 0.3) is 5.91 Å². The molecule has 0 unspecified atom stereocenters. The van der Waals surface area contributed by atoms with Crippen LogP contribution in [0.5, 0.6) is 0 Å². The Morgan fingerprint density at radius 3 is 2.76 bits per heavy atom. The van der Waals surface area contributed by atoms with Crippen LogP contribution in [-0.2, 0) is 17.6 Å². The predicted octanol–water partition coefficient (Wildman–Crippen LogP) is 3.99. The first-order valence-electron chi connectivity index (χ1n) is 6.39. The van der Waals surface area contributed by atoms with E-state index < -0.39 is 5.97 Å². The van der Waals surface area contributed by atoms with Gasteiger partial charge in [-0.2, -0.15) is 0 Å². The molecular weight excluding hydrogens is 330 g/mol. The molecule has 110 valence electrons. The van der Waals surface area contributed by atoms with E-state index in [0.29, 0.717) is 19.8 Å². The van der Waals surface area contributed by atoms with Gasteiger partial charge in [0.2, 0.25) is 0 Å². The van der Waals surface area contributed by atoms with E-state index in [9.17, 15) is 9.59 Å². The van der Waals surface area contributed by atoms with E-state index in [1.165, 1.54) is 29.8 Å². The number of rotatable bonds is 3. The molecule has 0 radical (unpaired) electrons. The molecule has 0 fully saturated rings. The van der Waals surface area contributed by atoms with Crippen molar-refractivity contribution in [3.8, 4) is 0 Å². The van der Waals surface area contributed by atoms with Gasteiger partial charge in [0.1, 0.15) is 5.00 Å². The zero-order chi connectivity index (χ0) is 15.0. The highest BCUT2D eigenvalue weighted by atomic mass is 35.5. The number of fused-ring (bicyclic) bond motifs is 1. The molecule has 1 amide bonds. The SMILES string of the molecule is COC(=O)c1c(NC(=O)c2ccc(Cl)s2)sc2c1CCC2. The molecule has 0 aromatic carbocycles. The number of carbonyl (C=O) groups excluding carboxylic acids is 2. The quantitative estimate of drug-likeness (QED) is 0.859. The third kappa shape index (κ3) is 2.71. The van der Waals surface area contributed by atoms with E-state index in [1.54, 1.807) is 12.1 Å². The predicted molar refractivity (Wildman–Crippen MR) is 85.0 cm³/mol. The maximum atomic E-state index is 12.2. The molecule has 0 spiro atoms. The van der Waals surface area contributed by atoms with E-state index in [4.69, 9.17) is 16.3 Å². The summed E-state index contributed by atoms with van der Waals surface area (Å²) >= 11 is 8.51. The number of nitrogens with one attached hydrogen (secondary N) is 1. The number of esters is 1. The van der Waals surface area contributed by atoms with Gasteiger partial charge in [-0.15, -0.1) is 22.7 Å². The van der Waals surface area contributed by atoms with Crippen LogP contribution < -0.4 is 5.32 Å². The van der Waals surface area contributed by atoms with Crippen molar-refractivity contribution in [2.45, 2.75) is 19.3 Å². The molecule has 2 aromatic heterocycles. The second-order valence-electron chi connectivity index (χ2n) is 4.61. The third-order valence-electron chi connectivity index (χ3n) is 3.33. The van der Waals surface area contributed by atoms with E-state index in [-0.39, 0.29) is 5.91 Å². The zero-order valence-electron chi connectivity index (χ0n) is 11.2. The van der Waals surface area contributed by atoms with Crippen molar-refractivity contribution in [3.63, 3.8) is 0 Å². The van der Waals surface area contributed by atoms with Gasteiger partial charge < -0.3 is 10.1 Å². The first-order valence-corrected chi connectivity index (χ1v) is 8.40. The van der Waals surface area contributed by atoms with Crippen molar-refractivity contribution in [2.75, 3.05) is 12.4 Å². The largest absolute Gasteiger partial charge is 0.465 e. The van der Waals surface area contributed by atoms with Crippen LogP contribution in [0.1, 0.15) is 36.9 Å². The fourth-order valence-corrected chi connectivity index (χ4v) is 4.62. The minimum absolute atomic E-state index is 0.253. The number of amides is 1. The van der Waals surface area contributed by atoms with Crippen LogP contribution in [0.4, 0.5) is 5.00 Å². The lowest BCUT2D eigenvalue weighted by molar-refractivity contribution is 0.0601. The second-order valence-corrected chi connectivity index (χ2v) is 7.43. The number of hydrogen-bond donors (Lipinski definition) is 1. The molecule has 0 bridgehead atoms. The molecule has 0 saturated carbocycles. The normalized spacial score (nSPS) is 13.0. The van der Waals surface area contributed by atoms with Crippen LogP contribution in [0.15, 0.2) is 12.1 Å². The molecule has 2 heterocycles. The van der Waals surface area contributed by atoms with Crippen molar-refractivity contribution in [2.24, 2.45) is 0 Å². The molecule has 0 aliphatic heterocycles. The number of thiophene rings is 2. The van der Waals surface area contributed by atoms with E-state index in [2.05, 4.69) is 5.32 Å². The summed E-state index contributed by atoms with van der Waals surface area (Å²) in [7, 11) is 1.35. The highest BCUT2D eigenvalue weighted by Crippen LogP contribution is 2.39. The van der Waals surface area contributed by atoms with Crippen LogP contribution >= 0.6 is 34.3 Å². The Balaban J connectivity index is 1.92. The lowest BCUT2D eigenvalue weighted by atomic mass is 10.1. The van der Waals surface area contributed by atoms with Crippen LogP contribution in [0.3, 0.4) is 0 Å². The topological polar surface area (TPSA) is 55.4 Å². The van der Waals surface area contributed by atoms with Crippen LogP contribution in [0.2, 0.25) is 4.34 Å². The Morgan fingerprint density at radius 2 is 2.10 bits per heavy atom. The molecule has 4 nitrogen and oxygen atoms in total. The summed E-state index contributed by atoms with van der Waals surface area (Å²) in [6.07, 6.45) is 2.85. The molecular formula is C14H12ClNO3S2. The summed E-state index contributed by atoms with van der Waals surface area (Å²) in [6.45, 7) is 0. The summed E-state index contributed by atoms with van der Waals surface area (Å²) < 4.78 is 5.41. The van der Waals surface area contributed by atoms with E-state index in [1.807, 2.05) is 0 Å². The lowest BCUT2D eigenvalue weighted by Crippen LogP contribution is -2.13. The lowest BCUT2D eigenvalue weighted by Gasteiger charge is -2.05. The number of ether oxygens (including phenoxy) is 1. The van der Waals surface area contributed by atoms with Crippen LogP contribution in [0, 0.1) is 0 Å². The summed E-state index contributed by atoms with van der Waals surface area (Å²) in [5.74, 6) is -0.647. The summed E-state index contributed by atoms with van der Waals surface area (Å²) in [4.78, 5) is 25.9. The summed E-state index contributed by atoms with van der Waals surface area (Å²) in [5.41, 5.74) is 1.53. The van der Waals surface area contributed by atoms with Gasteiger partial charge in [-0.1, -0.05) is 11.6 Å². The molecule has 7 heteroatoms. The maximum Gasteiger partial charge on any atom is 0.341 e. The molecule has 21 heavy (non-hydrogen) atoms. The standard InChI is InChI=1S/C14H12ClNO3S2/c1-19-14(18)11-7-3-2-4-8(7)21-13(11)16-12(17)9-5-6-10(15)20-9/h5-6H,2-4H2,1H3,(H,16,17). The average Bonchev–Trinajstić information content (AvgIpc) is 3.13. The van der Waals surface area contributed by atoms with Gasteiger partial charge in [0, 0.05) is 4.88 Å². The van der Waals surface area contributed by atoms with Gasteiger partial charge in [-0.3, -0.25) is 4.79 Å². The average molecular weight is 342 g/mol. The first-order chi connectivity index (χ1) is 10.1. The second kappa shape index (κ2) is 5.79. The van der Waals surface area contributed by atoms with Gasteiger partial charge in [-0.25, -0.2) is 4.79 Å². The first kappa shape index (κ1) is 14.6. The smallest absolute Gasteiger partial charge is 0.341 e. The van der Waals surface area contributed by atoms with Gasteiger partial charge in [0.15, 0.2) is 0 Å². The molecule has 3 rings (SSSR count). The highest BCUT2D eigenvalue weighted by molar-refractivity contribution is 7.18. The number of aryl methyl sites for hydroxylation is 1. The summed E-state index contributed by atoms with van der Waals surface area (Å²) in [6, 6.07) is 3.35. The Morgan fingerprint density at radius 1 is 1.29 bits per heavy atom. The van der Waals surface area contributed by atoms with Gasteiger partial charge in [-0.05, 0) is 37.0 Å². The fourth-order valence-electron chi connectivity index (χ4n) is 2.41. The zero-order valence-corrected chi connectivity index (χ0v) is 13.6. The van der Waals surface area contributed by atoms with Crippen molar-refractivity contribution in [1.82, 2.24) is 0 Å². The Hall–Kier alpha value is -1.37. The Kier molecular flexibility index (Phi) is 4.01. The van der Waals surface area contributed by atoms with Crippen molar-refractivity contribution >= 4 is 51.2 Å². The van der Waals surface area contributed by atoms with Crippen molar-refractivity contribution in [1.29, 1.82) is 0 Å². The Bertz CT molecular complexity index is 720. The van der Waals surface area contributed by atoms with E-state index in [0.717, 1.165) is 29.7 Å². The minimum atomic E-state index is -0.395. The van der Waals surface area contributed by atoms with E-state index >= 15 is 0 Å². The maximum absolute atomic E-state index is 12.2. The molecule has 0 atom stereocenters. The minimum Gasteiger partial charge on any atom is -0.465 e. The monoisotopic (exact) mass is 341 g/mol. The van der Waals surface area contributed by atoms with Gasteiger partial charge >= 0.3 is 5.97 Å². The molecule has 2 aromatic rings. The van der Waals surface area contributed by atoms with Gasteiger partial charge in [0.05, 0.1) is 21.9 Å². The molecule has 0 saturated heterocycles. The Labute approximate surface area is 134 Å². The fraction of sp³-hybridized carbons (Fsp3) is 0.286. The van der Waals surface area contributed by atoms with Crippen molar-refractivity contribution < 1.29 is 14.3 Å².